The van der Waals surface area contributed by atoms with Crippen LogP contribution in [0.25, 0.3) is 0 Å². The van der Waals surface area contributed by atoms with Gasteiger partial charge in [0.1, 0.15) is 19.0 Å². The first-order chi connectivity index (χ1) is 29.1. The first-order valence-electron chi connectivity index (χ1n) is 21.2. The van der Waals surface area contributed by atoms with Crippen molar-refractivity contribution in [3.63, 3.8) is 0 Å². The Morgan fingerprint density at radius 2 is 1.07 bits per heavy atom. The molecule has 1 aromatic carbocycles. The summed E-state index contributed by atoms with van der Waals surface area (Å²) < 4.78 is 54.7. The lowest BCUT2D eigenvalue weighted by Crippen LogP contribution is -2.28. The molecule has 17 nitrogen and oxygen atoms in total. The first-order valence-corrected chi connectivity index (χ1v) is 22.7. The van der Waals surface area contributed by atoms with Crippen LogP contribution >= 0.6 is 0 Å². The van der Waals surface area contributed by atoms with Gasteiger partial charge in [0.15, 0.2) is 5.78 Å². The van der Waals surface area contributed by atoms with Gasteiger partial charge >= 0.3 is 11.9 Å². The number of ketones is 1. The number of carboxylic acid groups (broad SMARTS) is 2. The van der Waals surface area contributed by atoms with Crippen LogP contribution in [0.5, 0.6) is 5.75 Å². The normalized spacial score (nSPS) is 11.3. The van der Waals surface area contributed by atoms with Crippen LogP contribution in [0.3, 0.4) is 0 Å². The number of hydrogen-bond acceptors (Lipinski definition) is 13. The van der Waals surface area contributed by atoms with Crippen LogP contribution in [0.1, 0.15) is 126 Å². The molecule has 0 spiro atoms. The molecule has 0 aliphatic carbocycles. The van der Waals surface area contributed by atoms with Crippen molar-refractivity contribution in [3.05, 3.63) is 42.2 Å². The van der Waals surface area contributed by atoms with Crippen LogP contribution in [0.2, 0.25) is 0 Å². The topological polar surface area (TPSA) is 239 Å². The van der Waals surface area contributed by atoms with Crippen LogP contribution in [0.15, 0.2) is 41.6 Å². The van der Waals surface area contributed by atoms with E-state index < -0.39 is 27.9 Å². The van der Waals surface area contributed by atoms with Crippen molar-refractivity contribution in [2.45, 2.75) is 120 Å². The number of amides is 1. The van der Waals surface area contributed by atoms with Crippen LogP contribution in [-0.4, -0.2) is 118 Å². The second-order valence-electron chi connectivity index (χ2n) is 14.3. The molecule has 0 saturated heterocycles. The van der Waals surface area contributed by atoms with E-state index in [9.17, 15) is 27.6 Å². The predicted octanol–water partition coefficient (Wildman–Crippen LogP) is 6.21. The van der Waals surface area contributed by atoms with Gasteiger partial charge in [-0.2, -0.15) is 0 Å². The summed E-state index contributed by atoms with van der Waals surface area (Å²) in [6, 6.07) is 6.12. The van der Waals surface area contributed by atoms with Crippen molar-refractivity contribution < 1.29 is 61.5 Å². The zero-order chi connectivity index (χ0) is 43.5. The molecule has 4 N–H and O–H groups in total. The lowest BCUT2D eigenvalue weighted by Gasteiger charge is -2.10. The number of Topliss-reactive ketones (excluding diaryl/α,β-unsaturated/α-hetero) is 1. The van der Waals surface area contributed by atoms with Gasteiger partial charge in [0.25, 0.3) is 15.9 Å². The molecular formula is C42H66N4O13S. The van der Waals surface area contributed by atoms with E-state index in [1.54, 1.807) is 12.1 Å². The first kappa shape index (κ1) is 51.9. The summed E-state index contributed by atoms with van der Waals surface area (Å²) in [5.74, 6) is -1.88. The highest BCUT2D eigenvalue weighted by Gasteiger charge is 2.17. The van der Waals surface area contributed by atoms with Gasteiger partial charge in [-0.05, 0) is 43.5 Å². The number of carbonyl (C=O) groups is 4. The van der Waals surface area contributed by atoms with Crippen molar-refractivity contribution in [2.24, 2.45) is 0 Å². The average molecular weight is 867 g/mol. The highest BCUT2D eigenvalue weighted by atomic mass is 32.2. The van der Waals surface area contributed by atoms with E-state index in [4.69, 9.17) is 33.9 Å². The van der Waals surface area contributed by atoms with E-state index in [1.807, 2.05) is 0 Å². The standard InChI is InChI=1S/C42H66N4O13S/c47-36(17-16-24-55-27-30-58-34-40(50)51)33-57-29-28-56-26-23-43-41(52)35-31-44-42(45-32-35)46-60(53,54)38-21-19-37(20-22-38)59-25-15-13-11-9-7-5-3-1-2-4-6-8-10-12-14-18-39(48)49/h19-22,31-32H,1-18,23-30,33-34H2,(H,43,52)(H,48,49)(H,50,51)(H,44,45,46). The largest absolute Gasteiger partial charge is 0.494 e. The maximum absolute atomic E-state index is 12.9. The number of unbranched alkanes of at least 4 members (excludes halogenated alkanes) is 14. The number of hydrogen-bond donors (Lipinski definition) is 4. The number of nitrogens with one attached hydrogen (secondary N) is 2. The Kier molecular flexibility index (Phi) is 29.0. The Labute approximate surface area is 354 Å². The summed E-state index contributed by atoms with van der Waals surface area (Å²) in [6.45, 7) is 1.72. The zero-order valence-corrected chi connectivity index (χ0v) is 35.8. The summed E-state index contributed by atoms with van der Waals surface area (Å²) >= 11 is 0. The SMILES string of the molecule is O=C(O)CCCCCCCCCCCCCCCCCOc1ccc(S(=O)(=O)Nc2ncc(C(=O)NCCOCCOCC(=O)CCCOCCOCC(=O)O)cn2)cc1. The van der Waals surface area contributed by atoms with Crippen LogP contribution in [-0.2, 0) is 43.4 Å². The summed E-state index contributed by atoms with van der Waals surface area (Å²) in [4.78, 5) is 53.1. The van der Waals surface area contributed by atoms with Gasteiger partial charge in [-0.3, -0.25) is 14.4 Å². The minimum Gasteiger partial charge on any atom is -0.494 e. The molecule has 0 saturated carbocycles. The fraction of sp³-hybridized carbons (Fsp3) is 0.667. The van der Waals surface area contributed by atoms with Gasteiger partial charge in [-0.25, -0.2) is 27.9 Å². The average Bonchev–Trinajstić information content (AvgIpc) is 3.22. The van der Waals surface area contributed by atoms with Crippen molar-refractivity contribution in [1.29, 1.82) is 0 Å². The summed E-state index contributed by atoms with van der Waals surface area (Å²) in [5.41, 5.74) is 0.136. The molecule has 0 aliphatic heterocycles. The van der Waals surface area contributed by atoms with Gasteiger partial charge in [-0.15, -0.1) is 0 Å². The number of ether oxygens (including phenoxy) is 5. The zero-order valence-electron chi connectivity index (χ0n) is 35.0. The molecule has 60 heavy (non-hydrogen) atoms. The predicted molar refractivity (Wildman–Crippen MR) is 224 cm³/mol. The third-order valence-corrected chi connectivity index (χ3v) is 10.4. The maximum atomic E-state index is 12.9. The highest BCUT2D eigenvalue weighted by Crippen LogP contribution is 2.19. The molecule has 338 valence electrons. The number of carbonyl (C=O) groups excluding carboxylic acids is 2. The second-order valence-corrected chi connectivity index (χ2v) is 16.0. The van der Waals surface area contributed by atoms with E-state index in [-0.39, 0.29) is 87.8 Å². The van der Waals surface area contributed by atoms with Crippen molar-refractivity contribution in [2.75, 3.05) is 70.7 Å². The van der Waals surface area contributed by atoms with Crippen molar-refractivity contribution in [1.82, 2.24) is 15.3 Å². The number of aliphatic carboxylic acids is 2. The summed E-state index contributed by atoms with van der Waals surface area (Å²) in [6.07, 6.45) is 21.0. The molecule has 1 amide bonds. The highest BCUT2D eigenvalue weighted by molar-refractivity contribution is 7.92. The van der Waals surface area contributed by atoms with Crippen LogP contribution in [0, 0.1) is 0 Å². The molecule has 2 aromatic rings. The fourth-order valence-corrected chi connectivity index (χ4v) is 6.78. The monoisotopic (exact) mass is 866 g/mol. The Balaban J connectivity index is 1.47. The molecule has 0 fully saturated rings. The van der Waals surface area contributed by atoms with E-state index >= 15 is 0 Å². The number of nitrogens with zero attached hydrogens (tertiary/aromatic N) is 2. The number of aromatic nitrogens is 2. The van der Waals surface area contributed by atoms with Crippen molar-refractivity contribution >= 4 is 39.6 Å². The van der Waals surface area contributed by atoms with Crippen molar-refractivity contribution in [3.8, 4) is 5.75 Å². The summed E-state index contributed by atoms with van der Waals surface area (Å²) in [5, 5.41) is 19.8. The number of sulfonamides is 1. The number of anilines is 1. The number of benzene rings is 1. The smallest absolute Gasteiger partial charge is 0.329 e. The Morgan fingerprint density at radius 3 is 1.63 bits per heavy atom. The molecule has 0 atom stereocenters. The van der Waals surface area contributed by atoms with Gasteiger partial charge < -0.3 is 39.2 Å². The molecule has 1 heterocycles. The Bertz CT molecular complexity index is 1580. The molecule has 0 aliphatic rings. The van der Waals surface area contributed by atoms with Gasteiger partial charge in [-0.1, -0.05) is 83.5 Å². The van der Waals surface area contributed by atoms with Crippen LogP contribution in [0.4, 0.5) is 5.95 Å². The number of carboxylic acids is 2. The van der Waals surface area contributed by atoms with E-state index in [0.717, 1.165) is 32.1 Å². The summed E-state index contributed by atoms with van der Waals surface area (Å²) in [7, 11) is -3.98. The van der Waals surface area contributed by atoms with E-state index in [1.165, 1.54) is 88.7 Å². The van der Waals surface area contributed by atoms with Gasteiger partial charge in [0, 0.05) is 38.4 Å². The molecule has 0 bridgehead atoms. The molecule has 0 radical (unpaired) electrons. The third-order valence-electron chi connectivity index (χ3n) is 9.09. The lowest BCUT2D eigenvalue weighted by atomic mass is 10.0. The molecule has 1 aromatic heterocycles. The number of rotatable bonds is 40. The Hall–Kier alpha value is -4.23. The van der Waals surface area contributed by atoms with Gasteiger partial charge in [0.05, 0.1) is 50.1 Å². The third kappa shape index (κ3) is 27.5. The molecule has 18 heteroatoms. The molecule has 0 unspecified atom stereocenters. The van der Waals surface area contributed by atoms with Gasteiger partial charge in [0.2, 0.25) is 5.95 Å². The fourth-order valence-electron chi connectivity index (χ4n) is 5.83. The minimum atomic E-state index is -3.98. The maximum Gasteiger partial charge on any atom is 0.329 e. The molecular weight excluding hydrogens is 801 g/mol. The minimum absolute atomic E-state index is 0.0169. The van der Waals surface area contributed by atoms with Crippen LogP contribution < -0.4 is 14.8 Å². The quantitative estimate of drug-likeness (QED) is 0.0545. The Morgan fingerprint density at radius 1 is 0.550 bits per heavy atom. The van der Waals surface area contributed by atoms with E-state index in [2.05, 4.69) is 20.0 Å². The van der Waals surface area contributed by atoms with E-state index in [0.29, 0.717) is 25.4 Å². The second kappa shape index (κ2) is 33.5. The lowest BCUT2D eigenvalue weighted by molar-refractivity contribution is -0.143. The molecule has 2 rings (SSSR count).